The summed E-state index contributed by atoms with van der Waals surface area (Å²) in [5.74, 6) is 1.38. The van der Waals surface area contributed by atoms with Gasteiger partial charge in [0.25, 0.3) is 0 Å². The first-order valence-corrected chi connectivity index (χ1v) is 12.0. The summed E-state index contributed by atoms with van der Waals surface area (Å²) >= 11 is 0. The van der Waals surface area contributed by atoms with Crippen molar-refractivity contribution < 1.29 is 12.9 Å². The summed E-state index contributed by atoms with van der Waals surface area (Å²) in [5.41, 5.74) is 3.04. The quantitative estimate of drug-likeness (QED) is 0.696. The second-order valence-corrected chi connectivity index (χ2v) is 10.0. The zero-order valence-corrected chi connectivity index (χ0v) is 17.7. The molecule has 6 heteroatoms. The molecule has 0 bridgehead atoms. The van der Waals surface area contributed by atoms with Crippen LogP contribution in [0.2, 0.25) is 0 Å². The number of rotatable bonds is 5. The van der Waals surface area contributed by atoms with E-state index in [9.17, 15) is 8.42 Å². The highest BCUT2D eigenvalue weighted by Crippen LogP contribution is 2.40. The van der Waals surface area contributed by atoms with Crippen LogP contribution in [0.25, 0.3) is 0 Å². The van der Waals surface area contributed by atoms with Crippen LogP contribution in [0.1, 0.15) is 86.4 Å². The average Bonchev–Trinajstić information content (AvgIpc) is 3.35. The van der Waals surface area contributed by atoms with Gasteiger partial charge in [-0.2, -0.15) is 4.31 Å². The molecule has 1 aromatic heterocycles. The van der Waals surface area contributed by atoms with Gasteiger partial charge in [0.05, 0.1) is 16.6 Å². The van der Waals surface area contributed by atoms with Gasteiger partial charge in [0.1, 0.15) is 5.76 Å². The zero-order chi connectivity index (χ0) is 19.7. The number of hydrogen-bond donors (Lipinski definition) is 0. The van der Waals surface area contributed by atoms with Crippen molar-refractivity contribution >= 4 is 10.0 Å². The third kappa shape index (κ3) is 3.52. The maximum Gasteiger partial charge on any atom is 0.243 e. The molecule has 0 radical (unpaired) electrons. The van der Waals surface area contributed by atoms with E-state index in [1.165, 1.54) is 37.7 Å². The molecular weight excluding hydrogens is 372 g/mol. The molecule has 2 fully saturated rings. The Bertz CT molecular complexity index is 912. The number of aryl methyl sites for hydroxylation is 2. The van der Waals surface area contributed by atoms with E-state index in [4.69, 9.17) is 4.52 Å². The van der Waals surface area contributed by atoms with Crippen molar-refractivity contribution in [3.05, 3.63) is 46.8 Å². The fourth-order valence-electron chi connectivity index (χ4n) is 4.91. The molecular formula is C22H30N2O3S. The Labute approximate surface area is 168 Å². The normalized spacial score (nSPS) is 22.0. The second-order valence-electron chi connectivity index (χ2n) is 8.14. The minimum atomic E-state index is -3.54. The van der Waals surface area contributed by atoms with Crippen molar-refractivity contribution in [1.82, 2.24) is 9.46 Å². The molecule has 2 aromatic rings. The molecule has 1 saturated heterocycles. The lowest BCUT2D eigenvalue weighted by molar-refractivity contribution is 0.368. The van der Waals surface area contributed by atoms with Gasteiger partial charge in [-0.1, -0.05) is 43.5 Å². The minimum Gasteiger partial charge on any atom is -0.361 e. The second kappa shape index (κ2) is 7.99. The van der Waals surface area contributed by atoms with E-state index in [0.717, 1.165) is 36.3 Å². The maximum atomic E-state index is 13.4. The molecule has 28 heavy (non-hydrogen) atoms. The first-order chi connectivity index (χ1) is 13.5. The van der Waals surface area contributed by atoms with Gasteiger partial charge in [0.2, 0.25) is 10.0 Å². The maximum absolute atomic E-state index is 13.4. The zero-order valence-electron chi connectivity index (χ0n) is 16.9. The van der Waals surface area contributed by atoms with Crippen molar-refractivity contribution in [1.29, 1.82) is 0 Å². The molecule has 1 saturated carbocycles. The van der Waals surface area contributed by atoms with Gasteiger partial charge in [0.15, 0.2) is 0 Å². The SMILES string of the molecule is CCc1onc(C)c1[C@@H]1CCCN1S(=O)(=O)c1ccc(C2CCCCC2)cc1. The first-order valence-electron chi connectivity index (χ1n) is 10.6. The molecule has 2 aliphatic rings. The van der Waals surface area contributed by atoms with E-state index < -0.39 is 10.0 Å². The number of sulfonamides is 1. The van der Waals surface area contributed by atoms with Crippen molar-refractivity contribution in [2.75, 3.05) is 6.54 Å². The van der Waals surface area contributed by atoms with E-state index in [0.29, 0.717) is 17.4 Å². The van der Waals surface area contributed by atoms with E-state index >= 15 is 0 Å². The summed E-state index contributed by atoms with van der Waals surface area (Å²) < 4.78 is 33.9. The summed E-state index contributed by atoms with van der Waals surface area (Å²) in [4.78, 5) is 0.395. The van der Waals surface area contributed by atoms with Gasteiger partial charge >= 0.3 is 0 Å². The Kier molecular flexibility index (Phi) is 5.61. The third-order valence-electron chi connectivity index (χ3n) is 6.40. The van der Waals surface area contributed by atoms with Crippen molar-refractivity contribution in [3.63, 3.8) is 0 Å². The summed E-state index contributed by atoms with van der Waals surface area (Å²) in [5, 5.41) is 4.09. The topological polar surface area (TPSA) is 63.4 Å². The monoisotopic (exact) mass is 402 g/mol. The first kappa shape index (κ1) is 19.6. The van der Waals surface area contributed by atoms with Crippen molar-refractivity contribution in [2.24, 2.45) is 0 Å². The molecule has 4 rings (SSSR count). The standard InChI is InChI=1S/C22H30N2O3S/c1-3-21-22(16(2)23-27-21)20-10-7-15-24(20)28(25,26)19-13-11-18(12-14-19)17-8-5-4-6-9-17/h11-14,17,20H,3-10,15H2,1-2H3/t20-/m0/s1. The molecule has 2 heterocycles. The van der Waals surface area contributed by atoms with Crippen LogP contribution in [0, 0.1) is 6.92 Å². The molecule has 0 unspecified atom stereocenters. The molecule has 0 N–H and O–H groups in total. The van der Waals surface area contributed by atoms with Gasteiger partial charge in [-0.3, -0.25) is 0 Å². The smallest absolute Gasteiger partial charge is 0.243 e. The Morgan fingerprint density at radius 3 is 2.46 bits per heavy atom. The molecule has 1 aliphatic carbocycles. The van der Waals surface area contributed by atoms with E-state index in [-0.39, 0.29) is 6.04 Å². The van der Waals surface area contributed by atoms with Crippen LogP contribution in [-0.4, -0.2) is 24.4 Å². The fourth-order valence-corrected chi connectivity index (χ4v) is 6.57. The van der Waals surface area contributed by atoms with Crippen molar-refractivity contribution in [2.45, 2.75) is 82.1 Å². The van der Waals surface area contributed by atoms with Crippen LogP contribution in [0.3, 0.4) is 0 Å². The van der Waals surface area contributed by atoms with E-state index in [1.807, 2.05) is 26.0 Å². The van der Waals surface area contributed by atoms with Crippen LogP contribution in [0.5, 0.6) is 0 Å². The third-order valence-corrected chi connectivity index (χ3v) is 8.33. The molecule has 0 spiro atoms. The van der Waals surface area contributed by atoms with E-state index in [2.05, 4.69) is 5.16 Å². The lowest BCUT2D eigenvalue weighted by Gasteiger charge is -2.25. The Morgan fingerprint density at radius 1 is 1.07 bits per heavy atom. The van der Waals surface area contributed by atoms with Gasteiger partial charge in [-0.05, 0) is 56.2 Å². The molecule has 1 atom stereocenters. The molecule has 1 aliphatic heterocycles. The lowest BCUT2D eigenvalue weighted by atomic mass is 9.84. The Morgan fingerprint density at radius 2 is 1.79 bits per heavy atom. The average molecular weight is 403 g/mol. The fraction of sp³-hybridized carbons (Fsp3) is 0.591. The summed E-state index contributed by atoms with van der Waals surface area (Å²) in [7, 11) is -3.54. The predicted molar refractivity (Wildman–Crippen MR) is 109 cm³/mol. The number of benzene rings is 1. The predicted octanol–water partition coefficient (Wildman–Crippen LogP) is 5.12. The lowest BCUT2D eigenvalue weighted by Crippen LogP contribution is -2.31. The minimum absolute atomic E-state index is 0.177. The molecule has 1 aromatic carbocycles. The number of hydrogen-bond acceptors (Lipinski definition) is 4. The molecule has 5 nitrogen and oxygen atoms in total. The van der Waals surface area contributed by atoms with E-state index in [1.54, 1.807) is 16.4 Å². The molecule has 0 amide bonds. The van der Waals surface area contributed by atoms with Gasteiger partial charge < -0.3 is 4.52 Å². The Balaban J connectivity index is 1.61. The summed E-state index contributed by atoms with van der Waals surface area (Å²) in [6.45, 7) is 4.46. The highest BCUT2D eigenvalue weighted by Gasteiger charge is 2.39. The van der Waals surface area contributed by atoms with Crippen LogP contribution in [-0.2, 0) is 16.4 Å². The summed E-state index contributed by atoms with van der Waals surface area (Å²) in [6.07, 6.45) is 8.69. The summed E-state index contributed by atoms with van der Waals surface area (Å²) in [6, 6.07) is 7.47. The van der Waals surface area contributed by atoms with Crippen LogP contribution in [0.4, 0.5) is 0 Å². The largest absolute Gasteiger partial charge is 0.361 e. The number of nitrogens with zero attached hydrogens (tertiary/aromatic N) is 2. The molecule has 152 valence electrons. The van der Waals surface area contributed by atoms with Gasteiger partial charge in [-0.15, -0.1) is 0 Å². The highest BCUT2D eigenvalue weighted by atomic mass is 32.2. The van der Waals surface area contributed by atoms with Crippen LogP contribution in [0.15, 0.2) is 33.7 Å². The van der Waals surface area contributed by atoms with Crippen molar-refractivity contribution in [3.8, 4) is 0 Å². The number of aromatic nitrogens is 1. The highest BCUT2D eigenvalue weighted by molar-refractivity contribution is 7.89. The van der Waals surface area contributed by atoms with Crippen LogP contribution >= 0.6 is 0 Å². The van der Waals surface area contributed by atoms with Crippen LogP contribution < -0.4 is 0 Å². The Hall–Kier alpha value is -1.66. The van der Waals surface area contributed by atoms with Gasteiger partial charge in [-0.25, -0.2) is 8.42 Å². The van der Waals surface area contributed by atoms with Gasteiger partial charge in [0, 0.05) is 18.5 Å².